The van der Waals surface area contributed by atoms with Crippen molar-refractivity contribution in [2.45, 2.75) is 51.6 Å². The fourth-order valence-electron chi connectivity index (χ4n) is 4.04. The Morgan fingerprint density at radius 1 is 1.10 bits per heavy atom. The van der Waals surface area contributed by atoms with Crippen LogP contribution in [0.15, 0.2) is 42.5 Å². The van der Waals surface area contributed by atoms with Crippen LogP contribution in [0.3, 0.4) is 0 Å². The molecule has 0 atom stereocenters. The Labute approximate surface area is 174 Å². The first-order valence-corrected chi connectivity index (χ1v) is 10.5. The monoisotopic (exact) mass is 395 g/mol. The normalized spacial score (nSPS) is 14.6. The standard InChI is InChI=1S/C24H33N3O2/c1-18-13-14-23(29-3)22(15-18)26-24(28)16-25-21-12-8-7-9-19(21)17-27(2)20-10-5-4-6-11-20/h7-9,12-15,20,25H,4-6,10-11,16-17H2,1-3H3,(H,26,28). The zero-order valence-corrected chi connectivity index (χ0v) is 17.8. The first kappa shape index (κ1) is 21.2. The van der Waals surface area contributed by atoms with E-state index in [1.807, 2.05) is 37.3 Å². The van der Waals surface area contributed by atoms with Gasteiger partial charge in [0, 0.05) is 18.3 Å². The average Bonchev–Trinajstić information content (AvgIpc) is 2.74. The van der Waals surface area contributed by atoms with Crippen LogP contribution in [0.5, 0.6) is 5.75 Å². The number of anilines is 2. The maximum absolute atomic E-state index is 12.5. The first-order chi connectivity index (χ1) is 14.1. The van der Waals surface area contributed by atoms with Crippen molar-refractivity contribution >= 4 is 17.3 Å². The summed E-state index contributed by atoms with van der Waals surface area (Å²) in [7, 11) is 3.82. The minimum absolute atomic E-state index is 0.0932. The zero-order valence-electron chi connectivity index (χ0n) is 17.8. The lowest BCUT2D eigenvalue weighted by molar-refractivity contribution is -0.114. The van der Waals surface area contributed by atoms with Crippen LogP contribution in [0.1, 0.15) is 43.2 Å². The van der Waals surface area contributed by atoms with Crippen LogP contribution >= 0.6 is 0 Å². The number of nitrogens with zero attached hydrogens (tertiary/aromatic N) is 1. The van der Waals surface area contributed by atoms with Crippen LogP contribution in [-0.4, -0.2) is 37.6 Å². The summed E-state index contributed by atoms with van der Waals surface area (Å²) in [6.45, 7) is 3.09. The summed E-state index contributed by atoms with van der Waals surface area (Å²) in [4.78, 5) is 15.0. The van der Waals surface area contributed by atoms with E-state index in [9.17, 15) is 4.79 Å². The van der Waals surface area contributed by atoms with Crippen molar-refractivity contribution in [3.8, 4) is 5.75 Å². The van der Waals surface area contributed by atoms with E-state index in [4.69, 9.17) is 4.74 Å². The minimum atomic E-state index is -0.0932. The van der Waals surface area contributed by atoms with Crippen molar-refractivity contribution in [3.05, 3.63) is 53.6 Å². The lowest BCUT2D eigenvalue weighted by Gasteiger charge is -2.31. The third-order valence-corrected chi connectivity index (χ3v) is 5.70. The third-order valence-electron chi connectivity index (χ3n) is 5.70. The van der Waals surface area contributed by atoms with Gasteiger partial charge in [0.1, 0.15) is 5.75 Å². The molecule has 0 saturated heterocycles. The predicted molar refractivity (Wildman–Crippen MR) is 120 cm³/mol. The maximum atomic E-state index is 12.5. The Bertz CT molecular complexity index is 816. The van der Waals surface area contributed by atoms with Crippen LogP contribution in [-0.2, 0) is 11.3 Å². The number of para-hydroxylation sites is 1. The molecule has 2 aromatic rings. The number of ether oxygens (including phenoxy) is 1. The fourth-order valence-corrected chi connectivity index (χ4v) is 4.04. The highest BCUT2D eigenvalue weighted by Gasteiger charge is 2.19. The molecule has 2 aromatic carbocycles. The second-order valence-electron chi connectivity index (χ2n) is 7.97. The molecule has 1 amide bonds. The molecular weight excluding hydrogens is 362 g/mol. The van der Waals surface area contributed by atoms with Crippen LogP contribution < -0.4 is 15.4 Å². The molecule has 0 heterocycles. The van der Waals surface area contributed by atoms with Crippen LogP contribution in [0.2, 0.25) is 0 Å². The van der Waals surface area contributed by atoms with E-state index in [1.54, 1.807) is 7.11 Å². The van der Waals surface area contributed by atoms with Gasteiger partial charge in [-0.2, -0.15) is 0 Å². The van der Waals surface area contributed by atoms with Gasteiger partial charge in [-0.3, -0.25) is 9.69 Å². The largest absolute Gasteiger partial charge is 0.495 e. The van der Waals surface area contributed by atoms with E-state index in [0.29, 0.717) is 17.5 Å². The molecule has 1 saturated carbocycles. The SMILES string of the molecule is COc1ccc(C)cc1NC(=O)CNc1ccccc1CN(C)C1CCCCC1. The number of benzene rings is 2. The number of carbonyl (C=O) groups is 1. The first-order valence-electron chi connectivity index (χ1n) is 10.5. The summed E-state index contributed by atoms with van der Waals surface area (Å²) in [6.07, 6.45) is 6.60. The molecule has 0 radical (unpaired) electrons. The summed E-state index contributed by atoms with van der Waals surface area (Å²) >= 11 is 0. The van der Waals surface area contributed by atoms with E-state index in [1.165, 1.54) is 37.7 Å². The van der Waals surface area contributed by atoms with Crippen molar-refractivity contribution in [2.75, 3.05) is 31.3 Å². The van der Waals surface area contributed by atoms with Gasteiger partial charge < -0.3 is 15.4 Å². The van der Waals surface area contributed by atoms with Crippen molar-refractivity contribution in [3.63, 3.8) is 0 Å². The van der Waals surface area contributed by atoms with Gasteiger partial charge >= 0.3 is 0 Å². The highest BCUT2D eigenvalue weighted by atomic mass is 16.5. The molecule has 1 fully saturated rings. The molecule has 0 aliphatic heterocycles. The van der Waals surface area contributed by atoms with Gasteiger partial charge in [-0.1, -0.05) is 43.5 Å². The molecule has 5 heteroatoms. The van der Waals surface area contributed by atoms with Crippen molar-refractivity contribution in [1.82, 2.24) is 4.90 Å². The molecule has 0 aromatic heterocycles. The Morgan fingerprint density at radius 3 is 2.62 bits per heavy atom. The molecule has 0 spiro atoms. The molecule has 5 nitrogen and oxygen atoms in total. The Morgan fingerprint density at radius 2 is 1.86 bits per heavy atom. The number of hydrogen-bond donors (Lipinski definition) is 2. The lowest BCUT2D eigenvalue weighted by atomic mass is 9.94. The number of carbonyl (C=O) groups excluding carboxylic acids is 1. The van der Waals surface area contributed by atoms with Crippen LogP contribution in [0, 0.1) is 6.92 Å². The second-order valence-corrected chi connectivity index (χ2v) is 7.97. The third kappa shape index (κ3) is 5.97. The number of methoxy groups -OCH3 is 1. The summed E-state index contributed by atoms with van der Waals surface area (Å²) < 4.78 is 5.34. The topological polar surface area (TPSA) is 53.6 Å². The Hall–Kier alpha value is -2.53. The molecule has 156 valence electrons. The molecule has 0 bridgehead atoms. The van der Waals surface area contributed by atoms with Gasteiger partial charge in [-0.05, 0) is 56.1 Å². The summed E-state index contributed by atoms with van der Waals surface area (Å²) in [5.74, 6) is 0.572. The van der Waals surface area contributed by atoms with Gasteiger partial charge in [-0.25, -0.2) is 0 Å². The molecular formula is C24H33N3O2. The van der Waals surface area contributed by atoms with Gasteiger partial charge in [0.2, 0.25) is 5.91 Å². The predicted octanol–water partition coefficient (Wildman–Crippen LogP) is 4.82. The second kappa shape index (κ2) is 10.3. The van der Waals surface area contributed by atoms with E-state index in [0.717, 1.165) is 17.8 Å². The van der Waals surface area contributed by atoms with Gasteiger partial charge in [0.15, 0.2) is 0 Å². The number of aryl methyl sites for hydroxylation is 1. The van der Waals surface area contributed by atoms with Crippen molar-refractivity contribution in [1.29, 1.82) is 0 Å². The minimum Gasteiger partial charge on any atom is -0.495 e. The number of nitrogens with one attached hydrogen (secondary N) is 2. The van der Waals surface area contributed by atoms with E-state index in [2.05, 4.69) is 34.7 Å². The maximum Gasteiger partial charge on any atom is 0.243 e. The number of amides is 1. The quantitative estimate of drug-likeness (QED) is 0.673. The average molecular weight is 396 g/mol. The number of rotatable bonds is 8. The summed E-state index contributed by atoms with van der Waals surface area (Å²) in [5, 5.41) is 6.26. The molecule has 1 aliphatic rings. The van der Waals surface area contributed by atoms with Gasteiger partial charge in [-0.15, -0.1) is 0 Å². The molecule has 3 rings (SSSR count). The molecule has 0 unspecified atom stereocenters. The summed E-state index contributed by atoms with van der Waals surface area (Å²) in [5.41, 5.74) is 4.01. The van der Waals surface area contributed by atoms with E-state index in [-0.39, 0.29) is 12.5 Å². The zero-order chi connectivity index (χ0) is 20.6. The Balaban J connectivity index is 1.59. The van der Waals surface area contributed by atoms with Crippen LogP contribution in [0.4, 0.5) is 11.4 Å². The molecule has 29 heavy (non-hydrogen) atoms. The van der Waals surface area contributed by atoms with E-state index < -0.39 is 0 Å². The highest BCUT2D eigenvalue weighted by molar-refractivity contribution is 5.95. The fraction of sp³-hybridized carbons (Fsp3) is 0.458. The van der Waals surface area contributed by atoms with Crippen molar-refractivity contribution < 1.29 is 9.53 Å². The van der Waals surface area contributed by atoms with Crippen molar-refractivity contribution in [2.24, 2.45) is 0 Å². The van der Waals surface area contributed by atoms with Gasteiger partial charge in [0.05, 0.1) is 19.3 Å². The molecule has 1 aliphatic carbocycles. The highest BCUT2D eigenvalue weighted by Crippen LogP contribution is 2.26. The smallest absolute Gasteiger partial charge is 0.243 e. The van der Waals surface area contributed by atoms with Gasteiger partial charge in [0.25, 0.3) is 0 Å². The van der Waals surface area contributed by atoms with E-state index >= 15 is 0 Å². The molecule has 2 N–H and O–H groups in total. The summed E-state index contributed by atoms with van der Waals surface area (Å²) in [6, 6.07) is 14.7. The Kier molecular flexibility index (Phi) is 7.53. The van der Waals surface area contributed by atoms with Crippen LogP contribution in [0.25, 0.3) is 0 Å². The number of hydrogen-bond acceptors (Lipinski definition) is 4. The lowest BCUT2D eigenvalue weighted by Crippen LogP contribution is -2.33.